The topological polar surface area (TPSA) is 91.0 Å². The van der Waals surface area contributed by atoms with E-state index in [2.05, 4.69) is 15.5 Å². The summed E-state index contributed by atoms with van der Waals surface area (Å²) in [6.45, 7) is 4.25. The van der Waals surface area contributed by atoms with Gasteiger partial charge in [0.05, 0.1) is 13.2 Å². The molecule has 0 spiro atoms. The Hall–Kier alpha value is -3.10. The number of rotatable bonds is 5. The fourth-order valence-corrected chi connectivity index (χ4v) is 3.95. The Morgan fingerprint density at radius 3 is 2.55 bits per heavy atom. The van der Waals surface area contributed by atoms with Crippen LogP contribution in [-0.2, 0) is 19.9 Å². The number of halogens is 1. The monoisotopic (exact) mass is 442 g/mol. The molecule has 0 bridgehead atoms. The molecule has 31 heavy (non-hydrogen) atoms. The largest absolute Gasteiger partial charge is 0.378 e. The minimum Gasteiger partial charge on any atom is -0.378 e. The molecule has 2 N–H and O–H groups in total. The predicted octanol–water partition coefficient (Wildman–Crippen LogP) is 2.58. The molecule has 1 atom stereocenters. The number of anilines is 2. The number of carbonyl (C=O) groups is 3. The number of amides is 4. The number of imide groups is 1. The number of nitrogens with one attached hydrogen (secondary N) is 2. The van der Waals surface area contributed by atoms with Crippen LogP contribution in [0.1, 0.15) is 12.5 Å². The third kappa shape index (κ3) is 4.35. The highest BCUT2D eigenvalue weighted by Crippen LogP contribution is 2.30. The average Bonchev–Trinajstić information content (AvgIpc) is 2.99. The van der Waals surface area contributed by atoms with Crippen molar-refractivity contribution in [3.63, 3.8) is 0 Å². The molecule has 9 heteroatoms. The summed E-state index contributed by atoms with van der Waals surface area (Å²) in [5.41, 5.74) is 0.918. The molecular formula is C22H23ClN4O4. The fourth-order valence-electron chi connectivity index (χ4n) is 3.76. The SMILES string of the molecule is CC1(c2cccc(Cl)c2)NC(=O)N(CC(=O)Nc2ccc(N3CCOCC3)cc2)C1=O. The van der Waals surface area contributed by atoms with Crippen molar-refractivity contribution >= 4 is 40.8 Å². The van der Waals surface area contributed by atoms with Gasteiger partial charge in [-0.3, -0.25) is 14.5 Å². The van der Waals surface area contributed by atoms with Gasteiger partial charge in [-0.25, -0.2) is 4.79 Å². The Bertz CT molecular complexity index is 1010. The Labute approximate surface area is 185 Å². The normalized spacial score (nSPS) is 21.2. The van der Waals surface area contributed by atoms with Crippen LogP contribution in [-0.4, -0.2) is 55.6 Å². The highest BCUT2D eigenvalue weighted by molar-refractivity contribution is 6.30. The van der Waals surface area contributed by atoms with E-state index in [1.807, 2.05) is 12.1 Å². The van der Waals surface area contributed by atoms with E-state index in [1.165, 1.54) is 0 Å². The van der Waals surface area contributed by atoms with E-state index in [0.717, 1.165) is 23.7 Å². The maximum absolute atomic E-state index is 13.0. The quantitative estimate of drug-likeness (QED) is 0.694. The molecule has 0 aromatic heterocycles. The molecule has 2 saturated heterocycles. The minimum atomic E-state index is -1.28. The minimum absolute atomic E-state index is 0.383. The molecule has 2 aromatic rings. The standard InChI is InChI=1S/C22H23ClN4O4/c1-22(15-3-2-4-16(23)13-15)20(29)27(21(30)25-22)14-19(28)24-17-5-7-18(8-6-17)26-9-11-31-12-10-26/h2-8,13H,9-12,14H2,1H3,(H,24,28)(H,25,30). The molecule has 4 amide bonds. The molecule has 162 valence electrons. The van der Waals surface area contributed by atoms with Gasteiger partial charge in [0.25, 0.3) is 5.91 Å². The van der Waals surface area contributed by atoms with Gasteiger partial charge in [-0.1, -0.05) is 23.7 Å². The predicted molar refractivity (Wildman–Crippen MR) is 117 cm³/mol. The second-order valence-corrected chi connectivity index (χ2v) is 8.09. The number of morpholine rings is 1. The summed E-state index contributed by atoms with van der Waals surface area (Å²) >= 11 is 6.03. The zero-order chi connectivity index (χ0) is 22.0. The van der Waals surface area contributed by atoms with Crippen molar-refractivity contribution in [1.29, 1.82) is 0 Å². The van der Waals surface area contributed by atoms with Gasteiger partial charge in [-0.15, -0.1) is 0 Å². The van der Waals surface area contributed by atoms with Gasteiger partial charge in [0.2, 0.25) is 5.91 Å². The zero-order valence-corrected chi connectivity index (χ0v) is 17.8. The van der Waals surface area contributed by atoms with Crippen molar-refractivity contribution in [2.24, 2.45) is 0 Å². The van der Waals surface area contributed by atoms with Gasteiger partial charge in [0.15, 0.2) is 0 Å². The molecule has 8 nitrogen and oxygen atoms in total. The van der Waals surface area contributed by atoms with Crippen LogP contribution in [0.2, 0.25) is 5.02 Å². The lowest BCUT2D eigenvalue weighted by molar-refractivity contribution is -0.133. The van der Waals surface area contributed by atoms with Crippen LogP contribution in [0, 0.1) is 0 Å². The molecule has 2 heterocycles. The van der Waals surface area contributed by atoms with Crippen LogP contribution < -0.4 is 15.5 Å². The van der Waals surface area contributed by atoms with Crippen LogP contribution >= 0.6 is 11.6 Å². The van der Waals surface area contributed by atoms with Crippen LogP contribution in [0.15, 0.2) is 48.5 Å². The number of urea groups is 1. The van der Waals surface area contributed by atoms with Crippen LogP contribution in [0.4, 0.5) is 16.2 Å². The van der Waals surface area contributed by atoms with Crippen LogP contribution in [0.3, 0.4) is 0 Å². The van der Waals surface area contributed by atoms with Gasteiger partial charge in [0, 0.05) is 29.5 Å². The second-order valence-electron chi connectivity index (χ2n) is 7.65. The van der Waals surface area contributed by atoms with E-state index in [0.29, 0.717) is 29.5 Å². The molecule has 2 aromatic carbocycles. The number of hydrogen-bond acceptors (Lipinski definition) is 5. The van der Waals surface area contributed by atoms with E-state index in [9.17, 15) is 14.4 Å². The third-order valence-electron chi connectivity index (χ3n) is 5.51. The number of carbonyl (C=O) groups excluding carboxylic acids is 3. The highest BCUT2D eigenvalue weighted by atomic mass is 35.5. The van der Waals surface area contributed by atoms with Crippen molar-refractivity contribution in [1.82, 2.24) is 10.2 Å². The van der Waals surface area contributed by atoms with E-state index in [-0.39, 0.29) is 6.54 Å². The van der Waals surface area contributed by atoms with E-state index in [4.69, 9.17) is 16.3 Å². The second kappa shape index (κ2) is 8.56. The summed E-state index contributed by atoms with van der Waals surface area (Å²) in [5.74, 6) is -0.962. The van der Waals surface area contributed by atoms with Gasteiger partial charge in [-0.2, -0.15) is 0 Å². The van der Waals surface area contributed by atoms with Crippen LogP contribution in [0.25, 0.3) is 0 Å². The highest BCUT2D eigenvalue weighted by Gasteiger charge is 2.49. The summed E-state index contributed by atoms with van der Waals surface area (Å²) in [4.78, 5) is 41.0. The lowest BCUT2D eigenvalue weighted by atomic mass is 9.92. The van der Waals surface area contributed by atoms with E-state index in [1.54, 1.807) is 43.3 Å². The van der Waals surface area contributed by atoms with E-state index < -0.39 is 23.4 Å². The Balaban J connectivity index is 1.40. The lowest BCUT2D eigenvalue weighted by Gasteiger charge is -2.28. The number of benzene rings is 2. The molecular weight excluding hydrogens is 420 g/mol. The lowest BCUT2D eigenvalue weighted by Crippen LogP contribution is -2.42. The van der Waals surface area contributed by atoms with Gasteiger partial charge < -0.3 is 20.3 Å². The Morgan fingerprint density at radius 2 is 1.87 bits per heavy atom. The van der Waals surface area contributed by atoms with Crippen molar-refractivity contribution in [2.45, 2.75) is 12.5 Å². The Morgan fingerprint density at radius 1 is 1.16 bits per heavy atom. The third-order valence-corrected chi connectivity index (χ3v) is 5.74. The summed E-state index contributed by atoms with van der Waals surface area (Å²) in [5, 5.41) is 5.86. The van der Waals surface area contributed by atoms with Crippen molar-refractivity contribution in [2.75, 3.05) is 43.1 Å². The first-order valence-electron chi connectivity index (χ1n) is 9.99. The molecule has 0 radical (unpaired) electrons. The average molecular weight is 443 g/mol. The number of ether oxygens (including phenoxy) is 1. The summed E-state index contributed by atoms with van der Waals surface area (Å²) in [7, 11) is 0. The fraction of sp³-hybridized carbons (Fsp3) is 0.318. The van der Waals surface area contributed by atoms with E-state index >= 15 is 0 Å². The van der Waals surface area contributed by atoms with Crippen molar-refractivity contribution < 1.29 is 19.1 Å². The van der Waals surface area contributed by atoms with Gasteiger partial charge in [-0.05, 0) is 48.9 Å². The molecule has 4 rings (SSSR count). The summed E-state index contributed by atoms with van der Waals surface area (Å²) in [6, 6.07) is 13.5. The summed E-state index contributed by atoms with van der Waals surface area (Å²) < 4.78 is 5.36. The molecule has 2 aliphatic rings. The first-order valence-corrected chi connectivity index (χ1v) is 10.4. The first kappa shape index (κ1) is 21.1. The van der Waals surface area contributed by atoms with Crippen molar-refractivity contribution in [3.05, 3.63) is 59.1 Å². The summed E-state index contributed by atoms with van der Waals surface area (Å²) in [6.07, 6.45) is 0. The van der Waals surface area contributed by atoms with Gasteiger partial charge >= 0.3 is 6.03 Å². The zero-order valence-electron chi connectivity index (χ0n) is 17.1. The number of nitrogens with zero attached hydrogens (tertiary/aromatic N) is 2. The molecule has 1 unspecified atom stereocenters. The van der Waals surface area contributed by atoms with Gasteiger partial charge in [0.1, 0.15) is 12.1 Å². The maximum Gasteiger partial charge on any atom is 0.325 e. The molecule has 2 fully saturated rings. The van der Waals surface area contributed by atoms with Crippen molar-refractivity contribution in [3.8, 4) is 0 Å². The molecule has 2 aliphatic heterocycles. The molecule has 0 aliphatic carbocycles. The Kier molecular flexibility index (Phi) is 5.84. The maximum atomic E-state index is 13.0. The van der Waals surface area contributed by atoms with Crippen LogP contribution in [0.5, 0.6) is 0 Å². The first-order chi connectivity index (χ1) is 14.9. The number of hydrogen-bond donors (Lipinski definition) is 2. The molecule has 0 saturated carbocycles. The smallest absolute Gasteiger partial charge is 0.325 e.